The van der Waals surface area contributed by atoms with Crippen molar-refractivity contribution >= 4 is 39.6 Å². The lowest BCUT2D eigenvalue weighted by Gasteiger charge is -2.11. The maximum Gasteiger partial charge on any atom is 0.267 e. The van der Waals surface area contributed by atoms with Crippen LogP contribution in [0.25, 0.3) is 15.9 Å². The highest BCUT2D eigenvalue weighted by Crippen LogP contribution is 2.35. The summed E-state index contributed by atoms with van der Waals surface area (Å²) in [6.45, 7) is 0. The molecular weight excluding hydrogens is 328 g/mol. The van der Waals surface area contributed by atoms with Crippen LogP contribution in [0.3, 0.4) is 0 Å². The molecule has 0 spiro atoms. The third-order valence-electron chi connectivity index (χ3n) is 4.00. The molecule has 2 heterocycles. The SMILES string of the molecule is O=CCSc1nc2sc3c(c2c(=O)n1-c1ccccc1)CCC3. The summed E-state index contributed by atoms with van der Waals surface area (Å²) < 4.78 is 1.64. The molecule has 1 aliphatic carbocycles. The molecule has 0 bridgehead atoms. The van der Waals surface area contributed by atoms with E-state index in [9.17, 15) is 9.59 Å². The number of aromatic nitrogens is 2. The Balaban J connectivity index is 2.02. The van der Waals surface area contributed by atoms with Gasteiger partial charge in [0.15, 0.2) is 5.16 Å². The Morgan fingerprint density at radius 3 is 2.87 bits per heavy atom. The predicted octanol–water partition coefficient (Wildman–Crippen LogP) is 3.23. The zero-order valence-electron chi connectivity index (χ0n) is 12.3. The molecule has 2 aromatic heterocycles. The summed E-state index contributed by atoms with van der Waals surface area (Å²) >= 11 is 2.93. The maximum absolute atomic E-state index is 13.2. The van der Waals surface area contributed by atoms with Gasteiger partial charge in [0.25, 0.3) is 5.56 Å². The normalized spacial score (nSPS) is 13.4. The summed E-state index contributed by atoms with van der Waals surface area (Å²) in [4.78, 5) is 30.7. The van der Waals surface area contributed by atoms with E-state index in [1.165, 1.54) is 22.2 Å². The van der Waals surface area contributed by atoms with Crippen LogP contribution in [0.15, 0.2) is 40.3 Å². The van der Waals surface area contributed by atoms with E-state index in [4.69, 9.17) is 4.98 Å². The zero-order valence-corrected chi connectivity index (χ0v) is 14.0. The number of hydrogen-bond donors (Lipinski definition) is 0. The molecule has 116 valence electrons. The fourth-order valence-corrected chi connectivity index (χ4v) is 5.03. The van der Waals surface area contributed by atoms with Crippen molar-refractivity contribution in [3.8, 4) is 5.69 Å². The van der Waals surface area contributed by atoms with E-state index in [-0.39, 0.29) is 11.3 Å². The minimum Gasteiger partial charge on any atom is -0.302 e. The van der Waals surface area contributed by atoms with Crippen molar-refractivity contribution in [1.82, 2.24) is 9.55 Å². The fraction of sp³-hybridized carbons (Fsp3) is 0.235. The number of aryl methyl sites for hydroxylation is 2. The lowest BCUT2D eigenvalue weighted by atomic mass is 10.2. The molecule has 1 aliphatic rings. The van der Waals surface area contributed by atoms with Crippen molar-refractivity contribution in [2.75, 3.05) is 5.75 Å². The molecule has 0 aliphatic heterocycles. The van der Waals surface area contributed by atoms with Gasteiger partial charge >= 0.3 is 0 Å². The van der Waals surface area contributed by atoms with Gasteiger partial charge in [0, 0.05) is 4.88 Å². The highest BCUT2D eigenvalue weighted by atomic mass is 32.2. The van der Waals surface area contributed by atoms with Crippen molar-refractivity contribution in [3.05, 3.63) is 51.1 Å². The average molecular weight is 342 g/mol. The Labute approximate surface area is 141 Å². The van der Waals surface area contributed by atoms with Crippen LogP contribution in [0.4, 0.5) is 0 Å². The Kier molecular flexibility index (Phi) is 3.79. The number of thiophene rings is 1. The number of benzene rings is 1. The number of hydrogen-bond acceptors (Lipinski definition) is 5. The lowest BCUT2D eigenvalue weighted by molar-refractivity contribution is -0.105. The summed E-state index contributed by atoms with van der Waals surface area (Å²) in [6.07, 6.45) is 3.95. The van der Waals surface area contributed by atoms with E-state index in [0.29, 0.717) is 5.16 Å². The molecule has 0 atom stereocenters. The van der Waals surface area contributed by atoms with Gasteiger partial charge in [-0.3, -0.25) is 9.36 Å². The van der Waals surface area contributed by atoms with Crippen LogP contribution in [0.2, 0.25) is 0 Å². The molecule has 6 heteroatoms. The first-order valence-electron chi connectivity index (χ1n) is 7.48. The van der Waals surface area contributed by atoms with Gasteiger partial charge in [0.1, 0.15) is 11.1 Å². The minimum atomic E-state index is -0.0194. The first-order chi connectivity index (χ1) is 11.3. The summed E-state index contributed by atoms with van der Waals surface area (Å²) in [5.74, 6) is 0.288. The van der Waals surface area contributed by atoms with Crippen molar-refractivity contribution < 1.29 is 4.79 Å². The van der Waals surface area contributed by atoms with Crippen LogP contribution in [0.5, 0.6) is 0 Å². The van der Waals surface area contributed by atoms with E-state index in [1.807, 2.05) is 30.3 Å². The molecule has 0 unspecified atom stereocenters. The van der Waals surface area contributed by atoms with Crippen LogP contribution in [-0.4, -0.2) is 21.6 Å². The van der Waals surface area contributed by atoms with Crippen LogP contribution >= 0.6 is 23.1 Å². The molecule has 0 saturated carbocycles. The average Bonchev–Trinajstić information content (AvgIpc) is 3.14. The number of aldehydes is 1. The molecule has 0 saturated heterocycles. The van der Waals surface area contributed by atoms with Crippen LogP contribution < -0.4 is 5.56 Å². The molecular formula is C17H14N2O2S2. The quantitative estimate of drug-likeness (QED) is 0.415. The van der Waals surface area contributed by atoms with Gasteiger partial charge in [-0.2, -0.15) is 0 Å². The van der Waals surface area contributed by atoms with Crippen molar-refractivity contribution in [2.24, 2.45) is 0 Å². The Bertz CT molecular complexity index is 945. The second kappa shape index (κ2) is 5.94. The molecule has 0 N–H and O–H groups in total. The monoisotopic (exact) mass is 342 g/mol. The summed E-state index contributed by atoms with van der Waals surface area (Å²) in [6, 6.07) is 9.51. The second-order valence-electron chi connectivity index (χ2n) is 5.39. The Hall–Kier alpha value is -1.92. The maximum atomic E-state index is 13.2. The highest BCUT2D eigenvalue weighted by Gasteiger charge is 2.23. The molecule has 0 radical (unpaired) electrons. The number of rotatable bonds is 4. The van der Waals surface area contributed by atoms with E-state index in [2.05, 4.69) is 0 Å². The van der Waals surface area contributed by atoms with Crippen LogP contribution in [0, 0.1) is 0 Å². The van der Waals surface area contributed by atoms with Gasteiger partial charge in [-0.25, -0.2) is 4.98 Å². The van der Waals surface area contributed by atoms with E-state index < -0.39 is 0 Å². The van der Waals surface area contributed by atoms with Gasteiger partial charge in [-0.1, -0.05) is 30.0 Å². The third kappa shape index (κ3) is 2.42. The van der Waals surface area contributed by atoms with Gasteiger partial charge in [-0.15, -0.1) is 11.3 Å². The van der Waals surface area contributed by atoms with Crippen LogP contribution in [-0.2, 0) is 17.6 Å². The molecule has 0 amide bonds. The van der Waals surface area contributed by atoms with E-state index in [1.54, 1.807) is 15.9 Å². The predicted molar refractivity (Wildman–Crippen MR) is 94.0 cm³/mol. The van der Waals surface area contributed by atoms with Crippen molar-refractivity contribution in [1.29, 1.82) is 0 Å². The largest absolute Gasteiger partial charge is 0.302 e. The van der Waals surface area contributed by atoms with Crippen LogP contribution in [0.1, 0.15) is 16.9 Å². The third-order valence-corrected chi connectivity index (χ3v) is 6.02. The number of nitrogens with zero attached hydrogens (tertiary/aromatic N) is 2. The number of carbonyl (C=O) groups excluding carboxylic acids is 1. The van der Waals surface area contributed by atoms with Gasteiger partial charge < -0.3 is 4.79 Å². The molecule has 4 nitrogen and oxygen atoms in total. The molecule has 1 aromatic carbocycles. The van der Waals surface area contributed by atoms with Gasteiger partial charge in [0.05, 0.1) is 16.8 Å². The Morgan fingerprint density at radius 2 is 2.09 bits per heavy atom. The highest BCUT2D eigenvalue weighted by molar-refractivity contribution is 7.99. The van der Waals surface area contributed by atoms with Gasteiger partial charge in [0.2, 0.25) is 0 Å². The van der Waals surface area contributed by atoms with Crippen molar-refractivity contribution in [2.45, 2.75) is 24.4 Å². The number of para-hydroxylation sites is 1. The molecule has 23 heavy (non-hydrogen) atoms. The van der Waals surface area contributed by atoms with Crippen molar-refractivity contribution in [3.63, 3.8) is 0 Å². The topological polar surface area (TPSA) is 52.0 Å². The Morgan fingerprint density at radius 1 is 1.26 bits per heavy atom. The summed E-state index contributed by atoms with van der Waals surface area (Å²) in [7, 11) is 0. The number of carbonyl (C=O) groups is 1. The first kappa shape index (κ1) is 14.7. The fourth-order valence-electron chi connectivity index (χ4n) is 3.03. The number of fused-ring (bicyclic) bond motifs is 3. The molecule has 0 fully saturated rings. The standard InChI is InChI=1S/C17H14N2O2S2/c20-9-10-22-17-18-15-14(12-7-4-8-13(12)23-15)16(21)19(17)11-5-2-1-3-6-11/h1-3,5-6,9H,4,7-8,10H2. The zero-order chi connectivity index (χ0) is 15.8. The smallest absolute Gasteiger partial charge is 0.267 e. The number of thioether (sulfide) groups is 1. The summed E-state index contributed by atoms with van der Waals surface area (Å²) in [5.41, 5.74) is 1.95. The first-order valence-corrected chi connectivity index (χ1v) is 9.29. The van der Waals surface area contributed by atoms with E-state index >= 15 is 0 Å². The lowest BCUT2D eigenvalue weighted by Crippen LogP contribution is -2.21. The molecule has 3 aromatic rings. The minimum absolute atomic E-state index is 0.0194. The second-order valence-corrected chi connectivity index (χ2v) is 7.46. The molecule has 4 rings (SSSR count). The summed E-state index contributed by atoms with van der Waals surface area (Å²) in [5, 5.41) is 1.35. The van der Waals surface area contributed by atoms with E-state index in [0.717, 1.165) is 41.5 Å². The van der Waals surface area contributed by atoms with Gasteiger partial charge in [-0.05, 0) is 37.0 Å².